The van der Waals surface area contributed by atoms with Gasteiger partial charge in [-0.25, -0.2) is 9.97 Å². The van der Waals surface area contributed by atoms with Crippen LogP contribution in [0.2, 0.25) is 0 Å². The number of benzene rings is 2. The molecule has 9 nitrogen and oxygen atoms in total. The third-order valence-electron chi connectivity index (χ3n) is 4.77. The molecule has 1 N–H and O–H groups in total. The van der Waals surface area contributed by atoms with E-state index in [2.05, 4.69) is 10.3 Å². The number of methoxy groups -OCH3 is 1. The Morgan fingerprint density at radius 1 is 1.25 bits per heavy atom. The second kappa shape index (κ2) is 8.98. The summed E-state index contributed by atoms with van der Waals surface area (Å²) in [5, 5.41) is 16.2. The highest BCUT2D eigenvalue weighted by molar-refractivity contribution is 7.12. The van der Waals surface area contributed by atoms with E-state index in [9.17, 15) is 14.9 Å². The van der Waals surface area contributed by atoms with Gasteiger partial charge in [-0.1, -0.05) is 24.3 Å². The zero-order valence-corrected chi connectivity index (χ0v) is 18.1. The Morgan fingerprint density at radius 3 is 2.75 bits per heavy atom. The van der Waals surface area contributed by atoms with E-state index in [1.807, 2.05) is 36.6 Å². The molecule has 0 bridgehead atoms. The van der Waals surface area contributed by atoms with Crippen LogP contribution in [0.1, 0.15) is 11.4 Å². The van der Waals surface area contributed by atoms with Crippen molar-refractivity contribution in [3.63, 3.8) is 0 Å². The normalized spacial score (nSPS) is 10.7. The quantitative estimate of drug-likeness (QED) is 0.331. The minimum absolute atomic E-state index is 0.0153. The number of aromatic nitrogens is 3. The molecule has 0 saturated heterocycles. The summed E-state index contributed by atoms with van der Waals surface area (Å²) in [6, 6.07) is 13.5. The zero-order chi connectivity index (χ0) is 22.7. The fourth-order valence-corrected chi connectivity index (χ4v) is 4.06. The molecule has 32 heavy (non-hydrogen) atoms. The molecule has 10 heteroatoms. The summed E-state index contributed by atoms with van der Waals surface area (Å²) in [7, 11) is 1.62. The zero-order valence-electron chi connectivity index (χ0n) is 17.3. The van der Waals surface area contributed by atoms with E-state index in [1.54, 1.807) is 30.0 Å². The largest absolute Gasteiger partial charge is 0.497 e. The number of amides is 1. The first-order chi connectivity index (χ1) is 15.4. The molecule has 0 aliphatic carbocycles. The SMILES string of the molecule is COc1cccc(-c2csc(-n3c(NC(=O)Cc4ccc([N+](=O)[O-])cc4)cnc3C)n2)c1. The van der Waals surface area contributed by atoms with Crippen molar-refractivity contribution in [1.29, 1.82) is 0 Å². The van der Waals surface area contributed by atoms with Crippen LogP contribution >= 0.6 is 11.3 Å². The standard InChI is InChI=1S/C22H19N5O4S/c1-14-23-12-20(25-21(28)10-15-6-8-17(9-7-15)27(29)30)26(14)22-24-19(13-32-22)16-4-3-5-18(11-16)31-2/h3-9,11-13H,10H2,1-2H3,(H,25,28). The lowest BCUT2D eigenvalue weighted by molar-refractivity contribution is -0.384. The highest BCUT2D eigenvalue weighted by Gasteiger charge is 2.16. The maximum absolute atomic E-state index is 12.6. The lowest BCUT2D eigenvalue weighted by Gasteiger charge is -2.09. The number of nitrogens with one attached hydrogen (secondary N) is 1. The van der Waals surface area contributed by atoms with Gasteiger partial charge >= 0.3 is 0 Å². The predicted molar refractivity (Wildman–Crippen MR) is 121 cm³/mol. The Bertz CT molecular complexity index is 1280. The second-order valence-electron chi connectivity index (χ2n) is 6.92. The molecule has 0 radical (unpaired) electrons. The molecule has 2 heterocycles. The van der Waals surface area contributed by atoms with Crippen LogP contribution in [0, 0.1) is 17.0 Å². The van der Waals surface area contributed by atoms with Gasteiger partial charge in [0.1, 0.15) is 17.4 Å². The highest BCUT2D eigenvalue weighted by Crippen LogP contribution is 2.29. The molecular weight excluding hydrogens is 430 g/mol. The topological polar surface area (TPSA) is 112 Å². The maximum Gasteiger partial charge on any atom is 0.269 e. The molecule has 2 aromatic carbocycles. The van der Waals surface area contributed by atoms with Gasteiger partial charge in [-0.3, -0.25) is 19.5 Å². The Balaban J connectivity index is 1.53. The molecule has 2 aromatic heterocycles. The summed E-state index contributed by atoms with van der Waals surface area (Å²) < 4.78 is 7.06. The molecular formula is C22H19N5O4S. The average Bonchev–Trinajstić information content (AvgIpc) is 3.40. The number of nitro groups is 1. The molecule has 4 rings (SSSR count). The summed E-state index contributed by atoms with van der Waals surface area (Å²) >= 11 is 1.44. The Kier molecular flexibility index (Phi) is 5.95. The van der Waals surface area contributed by atoms with E-state index in [0.29, 0.717) is 22.3 Å². The smallest absolute Gasteiger partial charge is 0.269 e. The van der Waals surface area contributed by atoms with Crippen molar-refractivity contribution in [3.8, 4) is 22.1 Å². The lowest BCUT2D eigenvalue weighted by atomic mass is 10.1. The fraction of sp³-hybridized carbons (Fsp3) is 0.136. The predicted octanol–water partition coefficient (Wildman–Crippen LogP) is 4.40. The van der Waals surface area contributed by atoms with Gasteiger partial charge in [-0.05, 0) is 24.6 Å². The van der Waals surface area contributed by atoms with E-state index < -0.39 is 4.92 Å². The van der Waals surface area contributed by atoms with Gasteiger partial charge in [0.05, 0.1) is 30.3 Å². The number of rotatable bonds is 7. The minimum atomic E-state index is -0.473. The van der Waals surface area contributed by atoms with Crippen molar-refractivity contribution in [3.05, 3.63) is 81.6 Å². The minimum Gasteiger partial charge on any atom is -0.497 e. The summed E-state index contributed by atoms with van der Waals surface area (Å²) in [5.41, 5.74) is 2.37. The van der Waals surface area contributed by atoms with E-state index in [4.69, 9.17) is 9.72 Å². The Morgan fingerprint density at radius 2 is 2.03 bits per heavy atom. The number of thiazole rings is 1. The van der Waals surface area contributed by atoms with Gasteiger partial charge in [0, 0.05) is 23.1 Å². The monoisotopic (exact) mass is 449 g/mol. The number of non-ortho nitro benzene ring substituents is 1. The first-order valence-corrected chi connectivity index (χ1v) is 10.5. The number of hydrogen-bond donors (Lipinski definition) is 1. The van der Waals surface area contributed by atoms with Gasteiger partial charge < -0.3 is 10.1 Å². The molecule has 1 amide bonds. The summed E-state index contributed by atoms with van der Waals surface area (Å²) in [5.74, 6) is 1.67. The van der Waals surface area contributed by atoms with Crippen molar-refractivity contribution >= 4 is 28.7 Å². The molecule has 0 atom stereocenters. The number of nitro benzene ring substituents is 1. The van der Waals surface area contributed by atoms with Crippen molar-refractivity contribution in [1.82, 2.24) is 14.5 Å². The molecule has 0 fully saturated rings. The third-order valence-corrected chi connectivity index (χ3v) is 5.59. The van der Waals surface area contributed by atoms with Crippen LogP contribution in [0.25, 0.3) is 16.4 Å². The number of carbonyl (C=O) groups is 1. The lowest BCUT2D eigenvalue weighted by Crippen LogP contribution is -2.17. The molecule has 0 spiro atoms. The van der Waals surface area contributed by atoms with Crippen molar-refractivity contribution < 1.29 is 14.5 Å². The van der Waals surface area contributed by atoms with Crippen molar-refractivity contribution in [2.24, 2.45) is 0 Å². The van der Waals surface area contributed by atoms with Crippen LogP contribution in [0.4, 0.5) is 11.5 Å². The third kappa shape index (κ3) is 4.49. The van der Waals surface area contributed by atoms with Gasteiger partial charge in [-0.2, -0.15) is 0 Å². The van der Waals surface area contributed by atoms with Gasteiger partial charge in [0.15, 0.2) is 5.13 Å². The summed E-state index contributed by atoms with van der Waals surface area (Å²) in [4.78, 5) is 31.9. The second-order valence-corrected chi connectivity index (χ2v) is 7.76. The Hall–Kier alpha value is -4.05. The average molecular weight is 449 g/mol. The first kappa shape index (κ1) is 21.2. The molecule has 0 aliphatic heterocycles. The van der Waals surface area contributed by atoms with Gasteiger partial charge in [0.25, 0.3) is 5.69 Å². The number of nitrogens with zero attached hydrogens (tertiary/aromatic N) is 4. The molecule has 0 saturated carbocycles. The number of aryl methyl sites for hydroxylation is 1. The number of imidazole rings is 1. The van der Waals surface area contributed by atoms with Crippen LogP contribution in [-0.4, -0.2) is 32.5 Å². The highest BCUT2D eigenvalue weighted by atomic mass is 32.1. The number of anilines is 1. The molecule has 4 aromatic rings. The van der Waals surface area contributed by atoms with Crippen LogP contribution in [0.15, 0.2) is 60.1 Å². The van der Waals surface area contributed by atoms with Crippen LogP contribution in [0.3, 0.4) is 0 Å². The van der Waals surface area contributed by atoms with Crippen molar-refractivity contribution in [2.45, 2.75) is 13.3 Å². The van der Waals surface area contributed by atoms with E-state index >= 15 is 0 Å². The Labute approximate surface area is 187 Å². The van der Waals surface area contributed by atoms with Gasteiger partial charge in [-0.15, -0.1) is 11.3 Å². The molecule has 0 aliphatic rings. The summed E-state index contributed by atoms with van der Waals surface area (Å²) in [6.45, 7) is 1.83. The van der Waals surface area contributed by atoms with Crippen LogP contribution < -0.4 is 10.1 Å². The maximum atomic E-state index is 12.6. The number of hydrogen-bond acceptors (Lipinski definition) is 7. The molecule has 162 valence electrons. The molecule has 0 unspecified atom stereocenters. The van der Waals surface area contributed by atoms with Crippen LogP contribution in [0.5, 0.6) is 5.75 Å². The van der Waals surface area contributed by atoms with E-state index in [1.165, 1.54) is 23.5 Å². The van der Waals surface area contributed by atoms with E-state index in [0.717, 1.165) is 17.0 Å². The number of carbonyl (C=O) groups excluding carboxylic acids is 1. The van der Waals surface area contributed by atoms with Crippen molar-refractivity contribution in [2.75, 3.05) is 12.4 Å². The van der Waals surface area contributed by atoms with Crippen LogP contribution in [-0.2, 0) is 11.2 Å². The number of ether oxygens (including phenoxy) is 1. The van der Waals surface area contributed by atoms with E-state index in [-0.39, 0.29) is 18.0 Å². The van der Waals surface area contributed by atoms with Gasteiger partial charge in [0.2, 0.25) is 5.91 Å². The first-order valence-electron chi connectivity index (χ1n) is 9.62. The fourth-order valence-electron chi connectivity index (χ4n) is 3.16. The summed E-state index contributed by atoms with van der Waals surface area (Å²) in [6.07, 6.45) is 1.66.